The number of hydrogen-bond donors (Lipinski definition) is 2. The maximum atomic E-state index is 11.9. The zero-order chi connectivity index (χ0) is 14.4. The number of nitrogens with zero attached hydrogens (tertiary/aromatic N) is 1. The average molecular weight is 264 g/mol. The SMILES string of the molecule is CC(C)NC(=O)CN(C)C(=O)Cc1ccc(O)cc1. The Morgan fingerprint density at radius 1 is 1.26 bits per heavy atom. The monoisotopic (exact) mass is 264 g/mol. The molecule has 0 aliphatic rings. The molecule has 2 N–H and O–H groups in total. The Kier molecular flexibility index (Phi) is 5.36. The second kappa shape index (κ2) is 6.78. The van der Waals surface area contributed by atoms with Crippen LogP contribution in [0.1, 0.15) is 19.4 Å². The molecular formula is C14H20N2O3. The van der Waals surface area contributed by atoms with E-state index in [2.05, 4.69) is 5.32 Å². The van der Waals surface area contributed by atoms with Gasteiger partial charge in [0.2, 0.25) is 11.8 Å². The van der Waals surface area contributed by atoms with E-state index >= 15 is 0 Å². The first-order valence-electron chi connectivity index (χ1n) is 6.19. The van der Waals surface area contributed by atoms with Crippen molar-refractivity contribution in [3.63, 3.8) is 0 Å². The Morgan fingerprint density at radius 3 is 2.37 bits per heavy atom. The van der Waals surface area contributed by atoms with Crippen molar-refractivity contribution in [1.82, 2.24) is 10.2 Å². The molecule has 1 aromatic rings. The minimum absolute atomic E-state index is 0.0507. The number of phenolic OH excluding ortho intramolecular Hbond substituents is 1. The number of likely N-dealkylation sites (N-methyl/N-ethyl adjacent to an activating group) is 1. The van der Waals surface area contributed by atoms with Gasteiger partial charge in [-0.3, -0.25) is 9.59 Å². The first kappa shape index (κ1) is 15.0. The predicted octanol–water partition coefficient (Wildman–Crippen LogP) is 0.918. The summed E-state index contributed by atoms with van der Waals surface area (Å²) in [6, 6.07) is 6.51. The highest BCUT2D eigenvalue weighted by Gasteiger charge is 2.13. The number of aromatic hydroxyl groups is 1. The van der Waals surface area contributed by atoms with E-state index in [1.54, 1.807) is 19.2 Å². The van der Waals surface area contributed by atoms with Gasteiger partial charge in [0.1, 0.15) is 5.75 Å². The molecule has 0 bridgehead atoms. The van der Waals surface area contributed by atoms with Gasteiger partial charge in [0.15, 0.2) is 0 Å². The summed E-state index contributed by atoms with van der Waals surface area (Å²) in [5.74, 6) is -0.137. The Hall–Kier alpha value is -2.04. The predicted molar refractivity (Wildman–Crippen MR) is 72.7 cm³/mol. The maximum absolute atomic E-state index is 11.9. The van der Waals surface area contributed by atoms with Gasteiger partial charge in [0.05, 0.1) is 13.0 Å². The largest absolute Gasteiger partial charge is 0.508 e. The number of nitrogens with one attached hydrogen (secondary N) is 1. The van der Waals surface area contributed by atoms with Crippen molar-refractivity contribution in [3.8, 4) is 5.75 Å². The van der Waals surface area contributed by atoms with E-state index in [1.165, 1.54) is 17.0 Å². The van der Waals surface area contributed by atoms with Crippen molar-refractivity contribution in [2.45, 2.75) is 26.3 Å². The van der Waals surface area contributed by atoms with Crippen LogP contribution >= 0.6 is 0 Å². The normalized spacial score (nSPS) is 10.3. The number of amides is 2. The minimum atomic E-state index is -0.170. The highest BCUT2D eigenvalue weighted by atomic mass is 16.3. The van der Waals surface area contributed by atoms with Gasteiger partial charge in [-0.15, -0.1) is 0 Å². The van der Waals surface area contributed by atoms with Gasteiger partial charge in [-0.1, -0.05) is 12.1 Å². The lowest BCUT2D eigenvalue weighted by atomic mass is 10.1. The summed E-state index contributed by atoms with van der Waals surface area (Å²) < 4.78 is 0. The smallest absolute Gasteiger partial charge is 0.239 e. The van der Waals surface area contributed by atoms with Gasteiger partial charge in [-0.05, 0) is 31.5 Å². The number of phenols is 1. The van der Waals surface area contributed by atoms with Crippen LogP contribution in [-0.2, 0) is 16.0 Å². The molecule has 0 unspecified atom stereocenters. The lowest BCUT2D eigenvalue weighted by Crippen LogP contribution is -2.41. The minimum Gasteiger partial charge on any atom is -0.508 e. The molecule has 2 amide bonds. The number of carbonyl (C=O) groups is 2. The highest BCUT2D eigenvalue weighted by molar-refractivity contribution is 5.85. The maximum Gasteiger partial charge on any atom is 0.239 e. The third-order valence-electron chi connectivity index (χ3n) is 2.55. The Bertz CT molecular complexity index is 441. The molecule has 1 rings (SSSR count). The third-order valence-corrected chi connectivity index (χ3v) is 2.55. The van der Waals surface area contributed by atoms with Crippen molar-refractivity contribution >= 4 is 11.8 Å². The van der Waals surface area contributed by atoms with E-state index in [0.29, 0.717) is 0 Å². The average Bonchev–Trinajstić information content (AvgIpc) is 2.30. The summed E-state index contributed by atoms with van der Waals surface area (Å²) in [7, 11) is 1.60. The highest BCUT2D eigenvalue weighted by Crippen LogP contribution is 2.10. The quantitative estimate of drug-likeness (QED) is 0.830. The summed E-state index contributed by atoms with van der Waals surface area (Å²) in [5, 5.41) is 11.9. The van der Waals surface area contributed by atoms with Crippen molar-refractivity contribution in [3.05, 3.63) is 29.8 Å². The zero-order valence-corrected chi connectivity index (χ0v) is 11.5. The lowest BCUT2D eigenvalue weighted by molar-refractivity contribution is -0.134. The van der Waals surface area contributed by atoms with Crippen LogP contribution in [0.2, 0.25) is 0 Å². The van der Waals surface area contributed by atoms with E-state index in [9.17, 15) is 9.59 Å². The fraction of sp³-hybridized carbons (Fsp3) is 0.429. The summed E-state index contributed by atoms with van der Waals surface area (Å²) in [6.45, 7) is 3.79. The number of benzene rings is 1. The Morgan fingerprint density at radius 2 is 1.84 bits per heavy atom. The summed E-state index contributed by atoms with van der Waals surface area (Å²) in [4.78, 5) is 24.8. The molecule has 0 spiro atoms. The topological polar surface area (TPSA) is 69.6 Å². The second-order valence-corrected chi connectivity index (χ2v) is 4.82. The van der Waals surface area contributed by atoms with Crippen molar-refractivity contribution in [2.75, 3.05) is 13.6 Å². The Labute approximate surface area is 113 Å². The van der Waals surface area contributed by atoms with Crippen molar-refractivity contribution in [2.24, 2.45) is 0 Å². The van der Waals surface area contributed by atoms with Gasteiger partial charge in [-0.2, -0.15) is 0 Å². The molecule has 104 valence electrons. The van der Waals surface area contributed by atoms with Gasteiger partial charge in [-0.25, -0.2) is 0 Å². The van der Waals surface area contributed by atoms with Crippen LogP contribution in [0, 0.1) is 0 Å². The van der Waals surface area contributed by atoms with Gasteiger partial charge < -0.3 is 15.3 Å². The lowest BCUT2D eigenvalue weighted by Gasteiger charge is -2.18. The molecule has 19 heavy (non-hydrogen) atoms. The molecule has 0 saturated carbocycles. The van der Waals surface area contributed by atoms with Crippen LogP contribution in [0.3, 0.4) is 0 Å². The molecule has 0 fully saturated rings. The second-order valence-electron chi connectivity index (χ2n) is 4.82. The molecule has 1 aromatic carbocycles. The zero-order valence-electron chi connectivity index (χ0n) is 11.5. The fourth-order valence-electron chi connectivity index (χ4n) is 1.59. The van der Waals surface area contributed by atoms with Crippen LogP contribution in [-0.4, -0.2) is 41.5 Å². The van der Waals surface area contributed by atoms with E-state index < -0.39 is 0 Å². The fourth-order valence-corrected chi connectivity index (χ4v) is 1.59. The molecule has 5 heteroatoms. The molecule has 0 saturated heterocycles. The summed E-state index contributed by atoms with van der Waals surface area (Å²) >= 11 is 0. The van der Waals surface area contributed by atoms with E-state index in [-0.39, 0.29) is 36.6 Å². The van der Waals surface area contributed by atoms with Gasteiger partial charge in [0, 0.05) is 13.1 Å². The molecule has 0 radical (unpaired) electrons. The number of carbonyl (C=O) groups excluding carboxylic acids is 2. The summed E-state index contributed by atoms with van der Waals surface area (Å²) in [6.07, 6.45) is 0.214. The molecule has 0 atom stereocenters. The molecule has 0 aromatic heterocycles. The first-order chi connectivity index (χ1) is 8.88. The number of hydrogen-bond acceptors (Lipinski definition) is 3. The molecular weight excluding hydrogens is 244 g/mol. The van der Waals surface area contributed by atoms with E-state index in [0.717, 1.165) is 5.56 Å². The first-order valence-corrected chi connectivity index (χ1v) is 6.19. The van der Waals surface area contributed by atoms with Crippen LogP contribution in [0.4, 0.5) is 0 Å². The van der Waals surface area contributed by atoms with Gasteiger partial charge >= 0.3 is 0 Å². The number of rotatable bonds is 5. The van der Waals surface area contributed by atoms with Crippen LogP contribution in [0.25, 0.3) is 0 Å². The van der Waals surface area contributed by atoms with E-state index in [1.807, 2.05) is 13.8 Å². The third kappa shape index (κ3) is 5.42. The molecule has 5 nitrogen and oxygen atoms in total. The molecule has 0 heterocycles. The van der Waals surface area contributed by atoms with E-state index in [4.69, 9.17) is 5.11 Å². The van der Waals surface area contributed by atoms with Crippen LogP contribution in [0.5, 0.6) is 5.75 Å². The van der Waals surface area contributed by atoms with Gasteiger partial charge in [0.25, 0.3) is 0 Å². The van der Waals surface area contributed by atoms with Crippen molar-refractivity contribution < 1.29 is 14.7 Å². The van der Waals surface area contributed by atoms with Crippen molar-refractivity contribution in [1.29, 1.82) is 0 Å². The van der Waals surface area contributed by atoms with Crippen LogP contribution in [0.15, 0.2) is 24.3 Å². The summed E-state index contributed by atoms with van der Waals surface area (Å²) in [5.41, 5.74) is 0.805. The standard InChI is InChI=1S/C14H20N2O3/c1-10(2)15-13(18)9-16(3)14(19)8-11-4-6-12(17)7-5-11/h4-7,10,17H,8-9H2,1-3H3,(H,15,18). The Balaban J connectivity index is 2.48. The molecule has 0 aliphatic heterocycles. The van der Waals surface area contributed by atoms with Crippen LogP contribution < -0.4 is 5.32 Å². The molecule has 0 aliphatic carbocycles.